The van der Waals surface area contributed by atoms with E-state index in [0.717, 1.165) is 13.0 Å². The van der Waals surface area contributed by atoms with Crippen LogP contribution in [0.2, 0.25) is 0 Å². The third kappa shape index (κ3) is 1.41. The molecule has 3 rings (SSSR count). The Labute approximate surface area is 84.7 Å². The van der Waals surface area contributed by atoms with Gasteiger partial charge in [0.15, 0.2) is 0 Å². The molecular formula is C11H17NO2. The maximum absolute atomic E-state index is 11.5. The van der Waals surface area contributed by atoms with E-state index >= 15 is 0 Å². The van der Waals surface area contributed by atoms with Gasteiger partial charge in [-0.25, -0.2) is 4.79 Å². The second-order valence-corrected chi connectivity index (χ2v) is 4.16. The highest BCUT2D eigenvalue weighted by Crippen LogP contribution is 2.36. The van der Waals surface area contributed by atoms with Gasteiger partial charge < -0.3 is 9.64 Å². The minimum absolute atomic E-state index is 0.178. The van der Waals surface area contributed by atoms with E-state index in [1.54, 1.807) is 0 Å². The summed E-state index contributed by atoms with van der Waals surface area (Å²) < 4.78 is 4.79. The van der Waals surface area contributed by atoms with Gasteiger partial charge in [-0.2, -0.15) is 0 Å². The highest BCUT2D eigenvalue weighted by atomic mass is 16.5. The first kappa shape index (κ1) is 9.56. The summed E-state index contributed by atoms with van der Waals surface area (Å²) in [5.74, 6) is 1.17. The molecule has 0 N–H and O–H groups in total. The van der Waals surface area contributed by atoms with Gasteiger partial charge in [0.05, 0.1) is 13.2 Å². The van der Waals surface area contributed by atoms with E-state index in [2.05, 4.69) is 19.1 Å². The number of carbonyl (C=O) groups excluding carboxylic acids is 1. The summed E-state index contributed by atoms with van der Waals surface area (Å²) in [6, 6.07) is 0.275. The van der Waals surface area contributed by atoms with Gasteiger partial charge >= 0.3 is 6.09 Å². The second kappa shape index (κ2) is 3.64. The van der Waals surface area contributed by atoms with Crippen LogP contribution in [0.3, 0.4) is 0 Å². The number of hydrogen-bond donors (Lipinski definition) is 0. The van der Waals surface area contributed by atoms with Crippen LogP contribution in [0.4, 0.5) is 4.79 Å². The molecule has 0 spiro atoms. The Balaban J connectivity index is 2.15. The van der Waals surface area contributed by atoms with Crippen LogP contribution in [-0.2, 0) is 4.74 Å². The third-order valence-electron chi connectivity index (χ3n) is 3.39. The predicted octanol–water partition coefficient (Wildman–Crippen LogP) is 2.04. The quantitative estimate of drug-likeness (QED) is 0.599. The number of carbonyl (C=O) groups is 1. The van der Waals surface area contributed by atoms with Crippen LogP contribution in [-0.4, -0.2) is 30.7 Å². The lowest BCUT2D eigenvalue weighted by Crippen LogP contribution is -2.52. The molecule has 3 aliphatic rings. The summed E-state index contributed by atoms with van der Waals surface area (Å²) in [4.78, 5) is 13.4. The molecule has 3 atom stereocenters. The van der Waals surface area contributed by atoms with E-state index in [9.17, 15) is 4.79 Å². The Morgan fingerprint density at radius 1 is 1.57 bits per heavy atom. The molecule has 2 aliphatic heterocycles. The summed E-state index contributed by atoms with van der Waals surface area (Å²) in [6.45, 7) is 3.03. The Morgan fingerprint density at radius 2 is 2.36 bits per heavy atom. The zero-order valence-corrected chi connectivity index (χ0v) is 8.77. The molecule has 1 aliphatic carbocycles. The van der Waals surface area contributed by atoms with Crippen LogP contribution in [0, 0.1) is 11.8 Å². The Bertz CT molecular complexity index is 262. The molecule has 1 fully saturated rings. The Kier molecular flexibility index (Phi) is 2.48. The first-order chi connectivity index (χ1) is 6.76. The zero-order chi connectivity index (χ0) is 10.1. The fraction of sp³-hybridized carbons (Fsp3) is 0.727. The van der Waals surface area contributed by atoms with E-state index in [4.69, 9.17) is 4.74 Å². The number of nitrogens with zero attached hydrogens (tertiary/aromatic N) is 1. The van der Waals surface area contributed by atoms with Crippen molar-refractivity contribution in [1.82, 2.24) is 4.90 Å². The maximum atomic E-state index is 11.5. The lowest BCUT2D eigenvalue weighted by Gasteiger charge is -2.45. The van der Waals surface area contributed by atoms with Gasteiger partial charge in [-0.3, -0.25) is 0 Å². The highest BCUT2D eigenvalue weighted by Gasteiger charge is 2.39. The molecule has 3 nitrogen and oxygen atoms in total. The Hall–Kier alpha value is -0.990. The summed E-state index contributed by atoms with van der Waals surface area (Å²) >= 11 is 0. The van der Waals surface area contributed by atoms with E-state index in [0.29, 0.717) is 11.8 Å². The van der Waals surface area contributed by atoms with Crippen LogP contribution < -0.4 is 0 Å². The Morgan fingerprint density at radius 3 is 2.93 bits per heavy atom. The van der Waals surface area contributed by atoms with Crippen molar-refractivity contribution >= 4 is 6.09 Å². The number of piperidine rings is 1. The van der Waals surface area contributed by atoms with Crippen LogP contribution in [0.15, 0.2) is 12.2 Å². The lowest BCUT2D eigenvalue weighted by molar-refractivity contribution is 0.0598. The molecule has 0 radical (unpaired) electrons. The van der Waals surface area contributed by atoms with Crippen molar-refractivity contribution in [3.8, 4) is 0 Å². The lowest BCUT2D eigenvalue weighted by atomic mass is 9.76. The molecule has 0 aromatic rings. The van der Waals surface area contributed by atoms with Crippen molar-refractivity contribution < 1.29 is 9.53 Å². The second-order valence-electron chi connectivity index (χ2n) is 4.16. The molecule has 2 bridgehead atoms. The van der Waals surface area contributed by atoms with Gasteiger partial charge in [0.1, 0.15) is 0 Å². The van der Waals surface area contributed by atoms with Crippen molar-refractivity contribution in [1.29, 1.82) is 0 Å². The molecular weight excluding hydrogens is 178 g/mol. The fourth-order valence-electron chi connectivity index (χ4n) is 2.62. The smallest absolute Gasteiger partial charge is 0.410 e. The molecule has 0 aromatic heterocycles. The average Bonchev–Trinajstić information content (AvgIpc) is 2.28. The monoisotopic (exact) mass is 195 g/mol. The maximum Gasteiger partial charge on any atom is 0.410 e. The minimum Gasteiger partial charge on any atom is -0.453 e. The van der Waals surface area contributed by atoms with Crippen LogP contribution >= 0.6 is 0 Å². The highest BCUT2D eigenvalue weighted by molar-refractivity contribution is 5.68. The summed E-state index contributed by atoms with van der Waals surface area (Å²) in [7, 11) is 1.45. The van der Waals surface area contributed by atoms with Gasteiger partial charge in [-0.1, -0.05) is 25.5 Å². The van der Waals surface area contributed by atoms with Gasteiger partial charge in [0.2, 0.25) is 0 Å². The standard InChI is InChI=1S/C11H17NO2/c1-3-9-6-8-4-5-10(9)12(7-8)11(13)14-2/h4-5,8-10H,3,6-7H2,1-2H3/t8-,9-,10+/m1/s1. The molecule has 0 aromatic carbocycles. The first-order valence-corrected chi connectivity index (χ1v) is 5.29. The van der Waals surface area contributed by atoms with Gasteiger partial charge in [-0.15, -0.1) is 0 Å². The molecule has 3 heteroatoms. The van der Waals surface area contributed by atoms with Crippen LogP contribution in [0.5, 0.6) is 0 Å². The number of methoxy groups -OCH3 is 1. The van der Waals surface area contributed by atoms with E-state index in [1.165, 1.54) is 13.5 Å². The van der Waals surface area contributed by atoms with Crippen molar-refractivity contribution in [2.24, 2.45) is 11.8 Å². The predicted molar refractivity (Wildman–Crippen MR) is 53.9 cm³/mol. The number of hydrogen-bond acceptors (Lipinski definition) is 2. The van der Waals surface area contributed by atoms with E-state index in [-0.39, 0.29) is 12.1 Å². The first-order valence-electron chi connectivity index (χ1n) is 5.29. The summed E-state index contributed by atoms with van der Waals surface area (Å²) in [6.07, 6.45) is 6.60. The van der Waals surface area contributed by atoms with Crippen LogP contribution in [0.1, 0.15) is 19.8 Å². The molecule has 78 valence electrons. The third-order valence-corrected chi connectivity index (χ3v) is 3.39. The molecule has 14 heavy (non-hydrogen) atoms. The zero-order valence-electron chi connectivity index (χ0n) is 8.77. The van der Waals surface area contributed by atoms with Crippen molar-refractivity contribution in [2.75, 3.05) is 13.7 Å². The number of fused-ring (bicyclic) bond motifs is 2. The number of amides is 1. The molecule has 0 saturated carbocycles. The SMILES string of the molecule is CC[C@@H]1C[C@H]2C=C[C@@H]1N(C(=O)OC)C2. The molecule has 1 saturated heterocycles. The van der Waals surface area contributed by atoms with Crippen LogP contribution in [0.25, 0.3) is 0 Å². The largest absolute Gasteiger partial charge is 0.453 e. The topological polar surface area (TPSA) is 29.5 Å². The van der Waals surface area contributed by atoms with Crippen molar-refractivity contribution in [3.63, 3.8) is 0 Å². The molecule has 1 amide bonds. The van der Waals surface area contributed by atoms with Crippen molar-refractivity contribution in [2.45, 2.75) is 25.8 Å². The number of ether oxygens (including phenoxy) is 1. The summed E-state index contributed by atoms with van der Waals surface area (Å²) in [5.41, 5.74) is 0. The fourth-order valence-corrected chi connectivity index (χ4v) is 2.62. The van der Waals surface area contributed by atoms with E-state index < -0.39 is 0 Å². The average molecular weight is 195 g/mol. The normalized spacial score (nSPS) is 34.7. The van der Waals surface area contributed by atoms with Gasteiger partial charge in [0, 0.05) is 6.54 Å². The number of rotatable bonds is 1. The van der Waals surface area contributed by atoms with Gasteiger partial charge in [0.25, 0.3) is 0 Å². The molecule has 2 heterocycles. The molecule has 0 unspecified atom stereocenters. The van der Waals surface area contributed by atoms with Gasteiger partial charge in [-0.05, 0) is 18.3 Å². The minimum atomic E-state index is -0.178. The van der Waals surface area contributed by atoms with E-state index in [1.807, 2.05) is 4.90 Å². The van der Waals surface area contributed by atoms with Crippen molar-refractivity contribution in [3.05, 3.63) is 12.2 Å². The summed E-state index contributed by atoms with van der Waals surface area (Å²) in [5, 5.41) is 0.